The molecule has 0 N–H and O–H groups in total. The van der Waals surface area contributed by atoms with Crippen molar-refractivity contribution < 1.29 is 13.2 Å². The second-order valence-electron chi connectivity index (χ2n) is 5.69. The summed E-state index contributed by atoms with van der Waals surface area (Å²) in [7, 11) is -3.73. The van der Waals surface area contributed by atoms with Crippen molar-refractivity contribution in [1.29, 1.82) is 0 Å². The van der Waals surface area contributed by atoms with E-state index in [9.17, 15) is 13.2 Å². The largest absolute Gasteiger partial charge is 0.308 e. The van der Waals surface area contributed by atoms with Gasteiger partial charge < -0.3 is 4.90 Å². The lowest BCUT2D eigenvalue weighted by Gasteiger charge is -2.38. The topological polar surface area (TPSA) is 57.7 Å². The molecule has 1 aliphatic heterocycles. The number of carbonyl (C=O) groups excluding carboxylic acids is 1. The van der Waals surface area contributed by atoms with Gasteiger partial charge in [-0.05, 0) is 37.3 Å². The van der Waals surface area contributed by atoms with E-state index in [4.69, 9.17) is 23.2 Å². The lowest BCUT2D eigenvalue weighted by atomic mass is 10.2. The zero-order valence-corrected chi connectivity index (χ0v) is 15.7. The summed E-state index contributed by atoms with van der Waals surface area (Å²) in [4.78, 5) is 14.5. The van der Waals surface area contributed by atoms with Crippen molar-refractivity contribution in [3.05, 3.63) is 58.6 Å². The summed E-state index contributed by atoms with van der Waals surface area (Å²) < 4.78 is 26.8. The quantitative estimate of drug-likeness (QED) is 0.795. The molecule has 1 saturated heterocycles. The third-order valence-corrected chi connectivity index (χ3v) is 6.67. The Bertz CT molecular complexity index is 903. The van der Waals surface area contributed by atoms with Crippen LogP contribution in [0, 0.1) is 0 Å². The van der Waals surface area contributed by atoms with Gasteiger partial charge in [0.25, 0.3) is 0 Å². The zero-order valence-electron chi connectivity index (χ0n) is 13.4. The van der Waals surface area contributed by atoms with Crippen LogP contribution < -0.4 is 4.90 Å². The molecule has 132 valence electrons. The molecule has 1 atom stereocenters. The molecule has 3 rings (SSSR count). The summed E-state index contributed by atoms with van der Waals surface area (Å²) in [5.41, 5.74) is 0.527. The monoisotopic (exact) mass is 398 g/mol. The number of rotatable bonds is 3. The Morgan fingerprint density at radius 3 is 2.36 bits per heavy atom. The Labute approximate surface area is 156 Å². The second kappa shape index (κ2) is 6.96. The van der Waals surface area contributed by atoms with E-state index in [0.717, 1.165) is 0 Å². The Balaban J connectivity index is 1.89. The summed E-state index contributed by atoms with van der Waals surface area (Å²) in [6.07, 6.45) is 0. The predicted octanol–water partition coefficient (Wildman–Crippen LogP) is 3.42. The maximum atomic E-state index is 12.8. The normalized spacial score (nSPS) is 19.2. The van der Waals surface area contributed by atoms with Crippen molar-refractivity contribution in [2.45, 2.75) is 17.9 Å². The SMILES string of the molecule is C[C@H]1C(=O)N(c2ccc(Cl)cc2Cl)CCN1S(=O)(=O)c1ccccc1. The van der Waals surface area contributed by atoms with E-state index in [0.29, 0.717) is 15.7 Å². The maximum absolute atomic E-state index is 12.8. The first kappa shape index (κ1) is 18.2. The number of anilines is 1. The molecular weight excluding hydrogens is 383 g/mol. The van der Waals surface area contributed by atoms with Crippen molar-refractivity contribution in [1.82, 2.24) is 4.31 Å². The number of benzene rings is 2. The van der Waals surface area contributed by atoms with Gasteiger partial charge in [0.1, 0.15) is 6.04 Å². The van der Waals surface area contributed by atoms with Crippen LogP contribution in [-0.4, -0.2) is 37.8 Å². The minimum absolute atomic E-state index is 0.174. The first-order chi connectivity index (χ1) is 11.8. The smallest absolute Gasteiger partial charge is 0.245 e. The number of hydrogen-bond donors (Lipinski definition) is 0. The van der Waals surface area contributed by atoms with Crippen molar-refractivity contribution in [2.75, 3.05) is 18.0 Å². The van der Waals surface area contributed by atoms with Crippen molar-refractivity contribution >= 4 is 44.8 Å². The van der Waals surface area contributed by atoms with E-state index < -0.39 is 16.1 Å². The number of carbonyl (C=O) groups is 1. The highest BCUT2D eigenvalue weighted by atomic mass is 35.5. The van der Waals surface area contributed by atoms with Gasteiger partial charge in [0.05, 0.1) is 15.6 Å². The molecule has 0 radical (unpaired) electrons. The van der Waals surface area contributed by atoms with Gasteiger partial charge in [-0.1, -0.05) is 41.4 Å². The Kier molecular flexibility index (Phi) is 5.06. The van der Waals surface area contributed by atoms with E-state index in [2.05, 4.69) is 0 Å². The van der Waals surface area contributed by atoms with Crippen LogP contribution in [0.15, 0.2) is 53.4 Å². The Morgan fingerprint density at radius 2 is 1.72 bits per heavy atom. The van der Waals surface area contributed by atoms with Gasteiger partial charge in [0, 0.05) is 18.1 Å². The van der Waals surface area contributed by atoms with Crippen LogP contribution in [0.5, 0.6) is 0 Å². The summed E-state index contributed by atoms with van der Waals surface area (Å²) >= 11 is 12.1. The minimum Gasteiger partial charge on any atom is -0.308 e. The molecule has 0 spiro atoms. The molecule has 1 aliphatic rings. The molecule has 1 amide bonds. The molecule has 0 saturated carbocycles. The lowest BCUT2D eigenvalue weighted by molar-refractivity contribution is -0.123. The third kappa shape index (κ3) is 3.40. The first-order valence-electron chi connectivity index (χ1n) is 7.65. The van der Waals surface area contributed by atoms with Gasteiger partial charge in [0.2, 0.25) is 15.9 Å². The van der Waals surface area contributed by atoms with Crippen LogP contribution in [0.1, 0.15) is 6.92 Å². The first-order valence-corrected chi connectivity index (χ1v) is 9.85. The molecule has 0 bridgehead atoms. The highest BCUT2D eigenvalue weighted by Gasteiger charge is 2.39. The molecule has 2 aromatic rings. The molecular formula is C17H16Cl2N2O3S. The standard InChI is InChI=1S/C17H16Cl2N2O3S/c1-12-17(22)20(16-8-7-13(18)11-15(16)19)9-10-21(12)25(23,24)14-5-3-2-4-6-14/h2-8,11-12H,9-10H2,1H3/t12-/m0/s1. The average Bonchev–Trinajstić information content (AvgIpc) is 2.58. The zero-order chi connectivity index (χ0) is 18.2. The van der Waals surface area contributed by atoms with E-state index in [1.807, 2.05) is 0 Å². The molecule has 5 nitrogen and oxygen atoms in total. The minimum atomic E-state index is -3.73. The molecule has 0 aliphatic carbocycles. The van der Waals surface area contributed by atoms with Crippen molar-refractivity contribution in [2.24, 2.45) is 0 Å². The van der Waals surface area contributed by atoms with E-state index in [1.54, 1.807) is 43.3 Å². The predicted molar refractivity (Wildman–Crippen MR) is 98.6 cm³/mol. The van der Waals surface area contributed by atoms with E-state index in [1.165, 1.54) is 21.3 Å². The lowest BCUT2D eigenvalue weighted by Crippen LogP contribution is -2.57. The van der Waals surface area contributed by atoms with Gasteiger partial charge in [-0.2, -0.15) is 4.31 Å². The van der Waals surface area contributed by atoms with E-state index in [-0.39, 0.29) is 23.9 Å². The van der Waals surface area contributed by atoms with Gasteiger partial charge in [0.15, 0.2) is 0 Å². The number of nitrogens with zero attached hydrogens (tertiary/aromatic N) is 2. The summed E-state index contributed by atoms with van der Waals surface area (Å²) in [6.45, 7) is 1.98. The molecule has 0 unspecified atom stereocenters. The van der Waals surface area contributed by atoms with Crippen LogP contribution in [-0.2, 0) is 14.8 Å². The highest BCUT2D eigenvalue weighted by Crippen LogP contribution is 2.32. The summed E-state index contributed by atoms with van der Waals surface area (Å²) in [6, 6.07) is 12.1. The van der Waals surface area contributed by atoms with Crippen LogP contribution in [0.25, 0.3) is 0 Å². The fraction of sp³-hybridized carbons (Fsp3) is 0.235. The van der Waals surface area contributed by atoms with Crippen LogP contribution in [0.2, 0.25) is 10.0 Å². The molecule has 2 aromatic carbocycles. The maximum Gasteiger partial charge on any atom is 0.245 e. The Morgan fingerprint density at radius 1 is 1.04 bits per heavy atom. The molecule has 1 heterocycles. The fourth-order valence-corrected chi connectivity index (χ4v) is 4.96. The van der Waals surface area contributed by atoms with Gasteiger partial charge in [-0.3, -0.25) is 4.79 Å². The third-order valence-electron chi connectivity index (χ3n) is 4.15. The van der Waals surface area contributed by atoms with Gasteiger partial charge >= 0.3 is 0 Å². The number of sulfonamides is 1. The molecule has 0 aromatic heterocycles. The van der Waals surface area contributed by atoms with Crippen molar-refractivity contribution in [3.8, 4) is 0 Å². The van der Waals surface area contributed by atoms with Crippen molar-refractivity contribution in [3.63, 3.8) is 0 Å². The van der Waals surface area contributed by atoms with Crippen LogP contribution >= 0.6 is 23.2 Å². The number of halogens is 2. The molecule has 1 fully saturated rings. The summed E-state index contributed by atoms with van der Waals surface area (Å²) in [5, 5.41) is 0.826. The average molecular weight is 399 g/mol. The highest BCUT2D eigenvalue weighted by molar-refractivity contribution is 7.89. The van der Waals surface area contributed by atoms with Gasteiger partial charge in [-0.25, -0.2) is 8.42 Å². The Hall–Kier alpha value is -1.60. The molecule has 8 heteroatoms. The number of hydrogen-bond acceptors (Lipinski definition) is 3. The van der Waals surface area contributed by atoms with Crippen LogP contribution in [0.4, 0.5) is 5.69 Å². The second-order valence-corrected chi connectivity index (χ2v) is 8.42. The number of amides is 1. The van der Waals surface area contributed by atoms with Gasteiger partial charge in [-0.15, -0.1) is 0 Å². The number of piperazine rings is 1. The fourth-order valence-electron chi connectivity index (χ4n) is 2.85. The molecule has 25 heavy (non-hydrogen) atoms. The van der Waals surface area contributed by atoms with E-state index >= 15 is 0 Å². The summed E-state index contributed by atoms with van der Waals surface area (Å²) in [5.74, 6) is -0.324. The van der Waals surface area contributed by atoms with Crippen LogP contribution in [0.3, 0.4) is 0 Å².